The molecule has 3 aromatic carbocycles. The van der Waals surface area contributed by atoms with Gasteiger partial charge in [-0.05, 0) is 60.4 Å². The molecule has 0 saturated carbocycles. The van der Waals surface area contributed by atoms with Crippen LogP contribution in [-0.4, -0.2) is 5.91 Å². The van der Waals surface area contributed by atoms with Crippen LogP contribution in [0.25, 0.3) is 11.1 Å². The van der Waals surface area contributed by atoms with Crippen molar-refractivity contribution < 1.29 is 18.0 Å². The van der Waals surface area contributed by atoms with Gasteiger partial charge in [-0.1, -0.05) is 29.8 Å². The molecule has 0 bridgehead atoms. The lowest BCUT2D eigenvalue weighted by molar-refractivity contribution is -0.120. The first-order valence-corrected chi connectivity index (χ1v) is 9.01. The minimum atomic E-state index is -0.879. The van der Waals surface area contributed by atoms with E-state index in [0.29, 0.717) is 17.7 Å². The molecule has 3 aromatic rings. The van der Waals surface area contributed by atoms with Crippen LogP contribution in [0.4, 0.5) is 18.9 Å². The standard InChI is InChI=1S/C22H15ClF3NO/c1-22(11-12-2-7-18(25)17(23)8-12)16-6-3-13(9-20(16)27-21(22)28)15-5-4-14(24)10-19(15)26/h2-10H,11H2,1H3,(H,27,28). The Hall–Kier alpha value is -2.79. The molecule has 0 radical (unpaired) electrons. The van der Waals surface area contributed by atoms with Gasteiger partial charge in [0.15, 0.2) is 0 Å². The van der Waals surface area contributed by atoms with Crippen molar-refractivity contribution in [1.82, 2.24) is 0 Å². The number of hydrogen-bond donors (Lipinski definition) is 1. The van der Waals surface area contributed by atoms with Crippen LogP contribution in [0.5, 0.6) is 0 Å². The lowest BCUT2D eigenvalue weighted by Gasteiger charge is -2.22. The van der Waals surface area contributed by atoms with Gasteiger partial charge in [-0.2, -0.15) is 0 Å². The average Bonchev–Trinajstić information content (AvgIpc) is 2.88. The maximum atomic E-state index is 14.1. The lowest BCUT2D eigenvalue weighted by atomic mass is 9.78. The van der Waals surface area contributed by atoms with Gasteiger partial charge in [-0.3, -0.25) is 4.79 Å². The fourth-order valence-corrected chi connectivity index (χ4v) is 3.84. The highest BCUT2D eigenvalue weighted by Crippen LogP contribution is 2.42. The second-order valence-corrected chi connectivity index (χ2v) is 7.50. The van der Waals surface area contributed by atoms with Gasteiger partial charge in [-0.25, -0.2) is 13.2 Å². The molecule has 2 nitrogen and oxygen atoms in total. The topological polar surface area (TPSA) is 29.1 Å². The Bertz CT molecular complexity index is 1110. The Balaban J connectivity index is 1.72. The molecule has 1 amide bonds. The van der Waals surface area contributed by atoms with E-state index in [1.807, 2.05) is 0 Å². The van der Waals surface area contributed by atoms with E-state index in [4.69, 9.17) is 11.6 Å². The molecule has 142 valence electrons. The van der Waals surface area contributed by atoms with Gasteiger partial charge in [-0.15, -0.1) is 0 Å². The fraction of sp³-hybridized carbons (Fsp3) is 0.136. The number of carbonyl (C=O) groups excluding carboxylic acids is 1. The highest BCUT2D eigenvalue weighted by atomic mass is 35.5. The van der Waals surface area contributed by atoms with Crippen molar-refractivity contribution >= 4 is 23.2 Å². The third-order valence-electron chi connectivity index (χ3n) is 5.15. The molecular formula is C22H15ClF3NO. The van der Waals surface area contributed by atoms with Crippen LogP contribution in [0.15, 0.2) is 54.6 Å². The molecule has 28 heavy (non-hydrogen) atoms. The first-order valence-electron chi connectivity index (χ1n) is 8.63. The molecule has 0 aliphatic carbocycles. The van der Waals surface area contributed by atoms with Crippen molar-refractivity contribution in [3.8, 4) is 11.1 Å². The summed E-state index contributed by atoms with van der Waals surface area (Å²) in [7, 11) is 0. The van der Waals surface area contributed by atoms with Crippen molar-refractivity contribution in [1.29, 1.82) is 0 Å². The van der Waals surface area contributed by atoms with Crippen molar-refractivity contribution in [2.75, 3.05) is 5.32 Å². The van der Waals surface area contributed by atoms with E-state index in [1.165, 1.54) is 24.3 Å². The summed E-state index contributed by atoms with van der Waals surface area (Å²) >= 11 is 5.86. The van der Waals surface area contributed by atoms with Crippen molar-refractivity contribution in [3.05, 3.63) is 88.2 Å². The molecule has 0 aromatic heterocycles. The van der Waals surface area contributed by atoms with Crippen LogP contribution >= 0.6 is 11.6 Å². The number of anilines is 1. The second kappa shape index (κ2) is 6.67. The summed E-state index contributed by atoms with van der Waals surface area (Å²) < 4.78 is 40.7. The van der Waals surface area contributed by atoms with Crippen LogP contribution in [0, 0.1) is 17.5 Å². The van der Waals surface area contributed by atoms with E-state index in [1.54, 1.807) is 31.2 Å². The number of benzene rings is 3. The average molecular weight is 402 g/mol. The molecule has 1 aliphatic rings. The number of hydrogen-bond acceptors (Lipinski definition) is 1. The summed E-state index contributed by atoms with van der Waals surface area (Å²) in [5.41, 5.74) is 1.95. The predicted octanol–water partition coefficient (Wildman–Crippen LogP) is 5.88. The number of rotatable bonds is 3. The molecule has 1 heterocycles. The third-order valence-corrected chi connectivity index (χ3v) is 5.44. The van der Waals surface area contributed by atoms with Crippen molar-refractivity contribution in [2.24, 2.45) is 0 Å². The maximum Gasteiger partial charge on any atom is 0.235 e. The first kappa shape index (κ1) is 18.6. The molecular weight excluding hydrogens is 387 g/mol. The zero-order chi connectivity index (χ0) is 20.1. The van der Waals surface area contributed by atoms with E-state index in [2.05, 4.69) is 5.32 Å². The SMILES string of the molecule is CC1(Cc2ccc(F)c(Cl)c2)C(=O)Nc2cc(-c3ccc(F)cc3F)ccc21. The van der Waals surface area contributed by atoms with E-state index < -0.39 is 22.9 Å². The Labute approximate surface area is 165 Å². The molecule has 1 aliphatic heterocycles. The zero-order valence-corrected chi connectivity index (χ0v) is 15.6. The number of carbonyl (C=O) groups is 1. The maximum absolute atomic E-state index is 14.1. The Morgan fingerprint density at radius 2 is 1.75 bits per heavy atom. The van der Waals surface area contributed by atoms with Crippen molar-refractivity contribution in [2.45, 2.75) is 18.8 Å². The molecule has 1 unspecified atom stereocenters. The Morgan fingerprint density at radius 1 is 0.964 bits per heavy atom. The smallest absolute Gasteiger partial charge is 0.235 e. The molecule has 0 spiro atoms. The van der Waals surface area contributed by atoms with E-state index in [9.17, 15) is 18.0 Å². The second-order valence-electron chi connectivity index (χ2n) is 7.10. The summed E-state index contributed by atoms with van der Waals surface area (Å²) in [6.07, 6.45) is 0.329. The van der Waals surface area contributed by atoms with Gasteiger partial charge in [0.1, 0.15) is 17.5 Å². The number of amides is 1. The van der Waals surface area contributed by atoms with Gasteiger partial charge in [0.25, 0.3) is 0 Å². The summed E-state index contributed by atoms with van der Waals surface area (Å²) in [6.45, 7) is 1.80. The van der Waals surface area contributed by atoms with Crippen LogP contribution in [0.2, 0.25) is 5.02 Å². The van der Waals surface area contributed by atoms with Crippen LogP contribution in [0.3, 0.4) is 0 Å². The quantitative estimate of drug-likeness (QED) is 0.583. The molecule has 4 rings (SSSR count). The van der Waals surface area contributed by atoms with Gasteiger partial charge >= 0.3 is 0 Å². The normalized spacial score (nSPS) is 18.1. The van der Waals surface area contributed by atoms with Crippen LogP contribution in [-0.2, 0) is 16.6 Å². The number of fused-ring (bicyclic) bond motifs is 1. The molecule has 1 N–H and O–H groups in total. The Morgan fingerprint density at radius 3 is 2.46 bits per heavy atom. The van der Waals surface area contributed by atoms with E-state index >= 15 is 0 Å². The minimum absolute atomic E-state index is 0.00172. The summed E-state index contributed by atoms with van der Waals surface area (Å²) in [5, 5.41) is 2.83. The van der Waals surface area contributed by atoms with E-state index in [0.717, 1.165) is 17.2 Å². The van der Waals surface area contributed by atoms with Gasteiger partial charge in [0.2, 0.25) is 5.91 Å². The van der Waals surface area contributed by atoms with Crippen LogP contribution in [0.1, 0.15) is 18.1 Å². The molecule has 0 fully saturated rings. The number of nitrogens with one attached hydrogen (secondary N) is 1. The largest absolute Gasteiger partial charge is 0.325 e. The summed E-state index contributed by atoms with van der Waals surface area (Å²) in [6, 6.07) is 12.9. The first-order chi connectivity index (χ1) is 13.3. The fourth-order valence-electron chi connectivity index (χ4n) is 3.64. The Kier molecular flexibility index (Phi) is 4.42. The highest BCUT2D eigenvalue weighted by molar-refractivity contribution is 6.30. The van der Waals surface area contributed by atoms with Crippen LogP contribution < -0.4 is 5.32 Å². The molecule has 0 saturated heterocycles. The highest BCUT2D eigenvalue weighted by Gasteiger charge is 2.42. The molecule has 6 heteroatoms. The summed E-state index contributed by atoms with van der Waals surface area (Å²) in [5.74, 6) is -2.05. The van der Waals surface area contributed by atoms with Crippen molar-refractivity contribution in [3.63, 3.8) is 0 Å². The number of halogens is 4. The monoisotopic (exact) mass is 401 g/mol. The molecule has 1 atom stereocenters. The van der Waals surface area contributed by atoms with E-state index in [-0.39, 0.29) is 16.5 Å². The predicted molar refractivity (Wildman–Crippen MR) is 103 cm³/mol. The zero-order valence-electron chi connectivity index (χ0n) is 14.8. The minimum Gasteiger partial charge on any atom is -0.325 e. The summed E-state index contributed by atoms with van der Waals surface area (Å²) in [4.78, 5) is 12.7. The van der Waals surface area contributed by atoms with Gasteiger partial charge in [0.05, 0.1) is 10.4 Å². The van der Waals surface area contributed by atoms with Gasteiger partial charge in [0, 0.05) is 17.3 Å². The van der Waals surface area contributed by atoms with Gasteiger partial charge < -0.3 is 5.32 Å². The third kappa shape index (κ3) is 3.06. The lowest BCUT2D eigenvalue weighted by Crippen LogP contribution is -2.33.